The van der Waals surface area contributed by atoms with Crippen LogP contribution in [0.2, 0.25) is 0 Å². The molecule has 0 radical (unpaired) electrons. The summed E-state index contributed by atoms with van der Waals surface area (Å²) in [6, 6.07) is 33.8. The minimum Gasteiger partial charge on any atom is -0.490 e. The second-order valence-corrected chi connectivity index (χ2v) is 13.6. The number of hydrogen-bond donors (Lipinski definition) is 1. The lowest BCUT2D eigenvalue weighted by Gasteiger charge is -2.10. The van der Waals surface area contributed by atoms with Gasteiger partial charge < -0.3 is 14.9 Å². The van der Waals surface area contributed by atoms with Crippen LogP contribution in [0.1, 0.15) is 52.6 Å². The van der Waals surface area contributed by atoms with E-state index in [1.807, 2.05) is 155 Å². The number of hydrogen-bond acceptors (Lipinski definition) is 9. The zero-order valence-electron chi connectivity index (χ0n) is 37.5. The standard InChI is InChI=1S/C31H25N5O2.C13H18N4.C5H8.C3H8/c1-2-3-18-37-25-11-7-10-23(19-25)24-12-13-26-28(20-24)32-17-16-29(26)38-21-31-34-33-30-15-14-27(35-36(30)31)22-8-5-4-6-9-22;1-5-7-11(8-6-2)12-9-10-13(15-14-3)17(4)16-12;1-3-5-4-2;1-3-2/h2-17,19-20H,18,21H2,1H3;5-10,14H,1H2,2-4H3;3-5H,1H2,2H3;3H2,1-2H3/b3-2+;8-6-,11-7+,15-13-;5-4-;. The summed E-state index contributed by atoms with van der Waals surface area (Å²) in [5.74, 6) is 2.17. The molecule has 63 heavy (non-hydrogen) atoms. The van der Waals surface area contributed by atoms with E-state index in [-0.39, 0.29) is 6.61 Å². The van der Waals surface area contributed by atoms with Crippen LogP contribution in [0.3, 0.4) is 0 Å². The first-order valence-electron chi connectivity index (χ1n) is 20.9. The van der Waals surface area contributed by atoms with Crippen LogP contribution in [-0.2, 0) is 13.7 Å². The van der Waals surface area contributed by atoms with Gasteiger partial charge in [0.2, 0.25) is 0 Å². The van der Waals surface area contributed by atoms with Gasteiger partial charge in [0.05, 0.1) is 16.9 Å². The number of ether oxygens (including phenoxy) is 2. The third-order valence-corrected chi connectivity index (χ3v) is 8.68. The molecular formula is C52H59N9O2. The van der Waals surface area contributed by atoms with Gasteiger partial charge in [-0.15, -0.1) is 10.2 Å². The Morgan fingerprint density at radius 2 is 1.56 bits per heavy atom. The van der Waals surface area contributed by atoms with Crippen LogP contribution < -0.4 is 20.4 Å². The molecule has 4 aromatic heterocycles. The molecule has 0 spiro atoms. The smallest absolute Gasteiger partial charge is 0.192 e. The van der Waals surface area contributed by atoms with E-state index in [1.54, 1.807) is 34.6 Å². The predicted octanol–water partition coefficient (Wildman–Crippen LogP) is 11.3. The normalized spacial score (nSPS) is 11.4. The van der Waals surface area contributed by atoms with E-state index in [4.69, 9.17) is 14.6 Å². The number of allylic oxidation sites excluding steroid dienone is 9. The largest absolute Gasteiger partial charge is 0.490 e. The van der Waals surface area contributed by atoms with Gasteiger partial charge in [-0.2, -0.15) is 19.8 Å². The lowest BCUT2D eigenvalue weighted by atomic mass is 10.0. The molecule has 1 N–H and O–H groups in total. The van der Waals surface area contributed by atoms with Gasteiger partial charge in [-0.25, -0.2) is 4.68 Å². The Hall–Kier alpha value is -7.66. The van der Waals surface area contributed by atoms with E-state index in [9.17, 15) is 0 Å². The van der Waals surface area contributed by atoms with Crippen molar-refractivity contribution in [3.05, 3.63) is 194 Å². The maximum Gasteiger partial charge on any atom is 0.192 e. The van der Waals surface area contributed by atoms with Gasteiger partial charge in [-0.3, -0.25) is 4.98 Å². The average Bonchev–Trinajstić information content (AvgIpc) is 3.72. The fraction of sp³-hybridized carbons (Fsp3) is 0.192. The van der Waals surface area contributed by atoms with Gasteiger partial charge in [0, 0.05) is 36.8 Å². The third-order valence-electron chi connectivity index (χ3n) is 8.68. The van der Waals surface area contributed by atoms with Crippen LogP contribution in [0.5, 0.6) is 11.5 Å². The summed E-state index contributed by atoms with van der Waals surface area (Å²) in [5.41, 5.74) is 10.9. The molecule has 0 aliphatic rings. The summed E-state index contributed by atoms with van der Waals surface area (Å²) in [5, 5.41) is 22.8. The maximum absolute atomic E-state index is 6.21. The van der Waals surface area contributed by atoms with E-state index in [0.717, 1.165) is 61.5 Å². The van der Waals surface area contributed by atoms with Crippen LogP contribution >= 0.6 is 0 Å². The predicted molar refractivity (Wildman–Crippen MR) is 260 cm³/mol. The van der Waals surface area contributed by atoms with E-state index >= 15 is 0 Å². The molecule has 0 saturated carbocycles. The Morgan fingerprint density at radius 3 is 2.24 bits per heavy atom. The lowest BCUT2D eigenvalue weighted by Crippen LogP contribution is -2.23. The first-order valence-corrected chi connectivity index (χ1v) is 20.9. The Balaban J connectivity index is 0.000000289. The molecule has 0 amide bonds. The molecule has 0 bridgehead atoms. The van der Waals surface area contributed by atoms with Crippen LogP contribution in [0.4, 0.5) is 0 Å². The van der Waals surface area contributed by atoms with E-state index in [0.29, 0.717) is 18.1 Å². The molecule has 7 aromatic rings. The molecule has 11 nitrogen and oxygen atoms in total. The molecule has 324 valence electrons. The quantitative estimate of drug-likeness (QED) is 0.0693. The molecular weight excluding hydrogens is 783 g/mol. The third kappa shape index (κ3) is 14.5. The maximum atomic E-state index is 6.21. The summed E-state index contributed by atoms with van der Waals surface area (Å²) in [6.45, 7) is 18.1. The molecule has 3 aromatic carbocycles. The zero-order chi connectivity index (χ0) is 45.2. The summed E-state index contributed by atoms with van der Waals surface area (Å²) >= 11 is 0. The van der Waals surface area contributed by atoms with Crippen molar-refractivity contribution in [1.82, 2.24) is 40.0 Å². The number of rotatable bonds is 13. The van der Waals surface area contributed by atoms with Crippen LogP contribution in [-0.4, -0.2) is 48.2 Å². The number of nitrogens with zero attached hydrogens (tertiary/aromatic N) is 8. The van der Waals surface area contributed by atoms with Gasteiger partial charge in [-0.1, -0.05) is 137 Å². The molecule has 0 unspecified atom stereocenters. The molecule has 4 heterocycles. The molecule has 0 aliphatic carbocycles. The summed E-state index contributed by atoms with van der Waals surface area (Å²) in [7, 11) is 3.62. The first-order chi connectivity index (χ1) is 30.8. The van der Waals surface area contributed by atoms with Crippen molar-refractivity contribution in [2.45, 2.75) is 47.6 Å². The second kappa shape index (κ2) is 26.5. The van der Waals surface area contributed by atoms with Crippen LogP contribution in [0.25, 0.3) is 44.5 Å². The molecule has 0 fully saturated rings. The van der Waals surface area contributed by atoms with Crippen LogP contribution in [0.15, 0.2) is 182 Å². The molecule has 0 aliphatic heterocycles. The lowest BCUT2D eigenvalue weighted by molar-refractivity contribution is 0.296. The monoisotopic (exact) mass is 841 g/mol. The van der Waals surface area contributed by atoms with Gasteiger partial charge >= 0.3 is 0 Å². The van der Waals surface area contributed by atoms with Crippen molar-refractivity contribution in [2.75, 3.05) is 13.7 Å². The molecule has 11 heteroatoms. The fourth-order valence-corrected chi connectivity index (χ4v) is 5.82. The fourth-order valence-electron chi connectivity index (χ4n) is 5.82. The highest BCUT2D eigenvalue weighted by Gasteiger charge is 2.12. The van der Waals surface area contributed by atoms with E-state index in [1.165, 1.54) is 6.42 Å². The highest BCUT2D eigenvalue weighted by Crippen LogP contribution is 2.31. The van der Waals surface area contributed by atoms with Gasteiger partial charge in [0.25, 0.3) is 0 Å². The van der Waals surface area contributed by atoms with Gasteiger partial charge in [0.15, 0.2) is 17.0 Å². The van der Waals surface area contributed by atoms with Gasteiger partial charge in [-0.05, 0) is 86.5 Å². The van der Waals surface area contributed by atoms with Crippen molar-refractivity contribution in [3.8, 4) is 33.9 Å². The summed E-state index contributed by atoms with van der Waals surface area (Å²) in [4.78, 5) is 4.59. The number of pyridine rings is 1. The Labute approximate surface area is 371 Å². The number of aromatic nitrogens is 7. The first kappa shape index (κ1) is 48.0. The van der Waals surface area contributed by atoms with Crippen molar-refractivity contribution in [3.63, 3.8) is 0 Å². The van der Waals surface area contributed by atoms with Crippen LogP contribution in [0, 0.1) is 0 Å². The van der Waals surface area contributed by atoms with E-state index < -0.39 is 0 Å². The SMILES string of the molecule is C/C=C/COc1cccc(-c2ccc3c(OCc4nnc5ccc(-c6ccccc6)nn45)ccnc3c2)c1.C=C/C=C(\C=C/C)c1cc/c(=N/NC)n(C)n1.C=C/C=C\C.CCC. The Bertz CT molecular complexity index is 2710. The summed E-state index contributed by atoms with van der Waals surface area (Å²) < 4.78 is 15.5. The van der Waals surface area contributed by atoms with Crippen molar-refractivity contribution in [1.29, 1.82) is 0 Å². The Kier molecular flexibility index (Phi) is 20.2. The second-order valence-electron chi connectivity index (χ2n) is 13.6. The van der Waals surface area contributed by atoms with E-state index in [2.05, 4.69) is 76.0 Å². The number of aryl methyl sites for hydroxylation is 1. The van der Waals surface area contributed by atoms with Crippen molar-refractivity contribution in [2.24, 2.45) is 12.1 Å². The number of nitrogens with one attached hydrogen (secondary N) is 1. The van der Waals surface area contributed by atoms with Crippen molar-refractivity contribution >= 4 is 22.1 Å². The number of fused-ring (bicyclic) bond motifs is 2. The number of benzene rings is 3. The summed E-state index contributed by atoms with van der Waals surface area (Å²) in [6.07, 6.45) is 20.2. The minimum atomic E-state index is 0.221. The highest BCUT2D eigenvalue weighted by molar-refractivity contribution is 5.89. The average molecular weight is 842 g/mol. The zero-order valence-corrected chi connectivity index (χ0v) is 37.5. The highest BCUT2D eigenvalue weighted by atomic mass is 16.5. The topological polar surface area (TPSA) is 117 Å². The molecule has 7 rings (SSSR count). The van der Waals surface area contributed by atoms with Crippen molar-refractivity contribution < 1.29 is 9.47 Å². The minimum absolute atomic E-state index is 0.221. The van der Waals surface area contributed by atoms with Gasteiger partial charge in [0.1, 0.15) is 24.7 Å². The molecule has 0 atom stereocenters. The Morgan fingerprint density at radius 1 is 0.778 bits per heavy atom. The molecule has 0 saturated heterocycles.